The number of benzene rings is 15. The molecule has 104 heavy (non-hydrogen) atoms. The van der Waals surface area contributed by atoms with Crippen LogP contribution in [0.4, 0.5) is 4.39 Å². The summed E-state index contributed by atoms with van der Waals surface area (Å²) in [5.41, 5.74) is 35.7. The molecule has 15 aromatic carbocycles. The molecule has 15 aromatic rings. The van der Waals surface area contributed by atoms with Gasteiger partial charge in [0, 0.05) is 11.3 Å². The normalized spacial score (nSPS) is 15.2. The second-order valence-electron chi connectivity index (χ2n) is 28.4. The van der Waals surface area contributed by atoms with E-state index in [-0.39, 0.29) is 10.8 Å². The molecule has 0 aromatic heterocycles. The van der Waals surface area contributed by atoms with Crippen LogP contribution >= 0.6 is 50.1 Å². The van der Waals surface area contributed by atoms with Gasteiger partial charge >= 0.3 is 0 Å². The van der Waals surface area contributed by atoms with E-state index in [4.69, 9.17) is 11.6 Å². The molecule has 0 saturated carbocycles. The summed E-state index contributed by atoms with van der Waals surface area (Å²) in [5, 5.41) is 5.41. The van der Waals surface area contributed by atoms with E-state index in [0.29, 0.717) is 20.6 Å². The molecule has 4 heteroatoms. The zero-order valence-electron chi connectivity index (χ0n) is 58.9. The Balaban J connectivity index is 0.0000000940. The average molecular weight is 1540 g/mol. The molecule has 506 valence electrons. The number of fused-ring (bicyclic) bond motifs is 22. The van der Waals surface area contributed by atoms with Crippen LogP contribution in [0.1, 0.15) is 143 Å². The Hall–Kier alpha value is -10.0. The molecule has 0 spiro atoms. The van der Waals surface area contributed by atoms with Gasteiger partial charge in [-0.3, -0.25) is 0 Å². The summed E-state index contributed by atoms with van der Waals surface area (Å²) in [6.45, 7) is 11.3. The largest absolute Gasteiger partial charge is 0.237 e. The van der Waals surface area contributed by atoms with Gasteiger partial charge in [0.15, 0.2) is 6.17 Å². The van der Waals surface area contributed by atoms with Crippen molar-refractivity contribution in [2.24, 2.45) is 0 Å². The summed E-state index contributed by atoms with van der Waals surface area (Å²) in [6.07, 6.45) is 3.52. The molecule has 0 aliphatic heterocycles. The van der Waals surface area contributed by atoms with Crippen molar-refractivity contribution >= 4 is 77.7 Å². The van der Waals surface area contributed by atoms with Crippen LogP contribution < -0.4 is 0 Å². The van der Waals surface area contributed by atoms with Crippen LogP contribution in [0.2, 0.25) is 0 Å². The maximum atomic E-state index is 13.9. The lowest BCUT2D eigenvalue weighted by atomic mass is 9.82. The number of halogens is 4. The van der Waals surface area contributed by atoms with Crippen molar-refractivity contribution in [2.45, 2.75) is 72.2 Å². The average Bonchev–Trinajstić information content (AvgIpc) is 1.56. The molecule has 2 atom stereocenters. The fraction of sp³-hybridized carbons (Fsp3) is 0.120. The van der Waals surface area contributed by atoms with E-state index in [1.165, 1.54) is 150 Å². The molecule has 0 amide bonds. The van der Waals surface area contributed by atoms with E-state index < -0.39 is 6.17 Å². The highest BCUT2D eigenvalue weighted by Gasteiger charge is 2.36. The first kappa shape index (κ1) is 68.4. The predicted octanol–water partition coefficient (Wildman–Crippen LogP) is 29.3. The molecule has 0 radical (unpaired) electrons. The molecule has 0 bridgehead atoms. The van der Waals surface area contributed by atoms with Gasteiger partial charge in [-0.2, -0.15) is 0 Å². The van der Waals surface area contributed by atoms with Gasteiger partial charge in [-0.15, -0.1) is 11.6 Å². The lowest BCUT2D eigenvalue weighted by molar-refractivity contribution is 0.410. The molecular formula is C100H78BrClFI. The minimum absolute atomic E-state index is 0.0300. The fourth-order valence-electron chi connectivity index (χ4n) is 16.6. The summed E-state index contributed by atoms with van der Waals surface area (Å²) in [5.74, 6) is 1.13. The topological polar surface area (TPSA) is 0 Å². The molecule has 0 fully saturated rings. The minimum Gasteiger partial charge on any atom is -0.237 e. The van der Waals surface area contributed by atoms with Gasteiger partial charge in [0.1, 0.15) is 0 Å². The SMILES string of the molecule is BrC1c2ccccc2-c2ccccc21.CC1(C)c2ccccc2-c2c1ccc1ccccc21.CC1c2ccccc2-c2cc3ccccc3cc21.Cc1ccc2c(c1)C(C)C=C2.ClC1c2ccccc2-c2ccccc21.FC1c2ccccc2-c2ccccc21.IC1c2ccccc2-c2ccccc21. The van der Waals surface area contributed by atoms with Gasteiger partial charge < -0.3 is 0 Å². The quantitative estimate of drug-likeness (QED) is 0.105. The Labute approximate surface area is 638 Å². The molecular weight excluding hydrogens is 1460 g/mol. The van der Waals surface area contributed by atoms with Crippen LogP contribution in [-0.2, 0) is 5.41 Å². The fourth-order valence-corrected chi connectivity index (χ4v) is 18.8. The van der Waals surface area contributed by atoms with E-state index in [9.17, 15) is 4.39 Å². The van der Waals surface area contributed by atoms with E-state index in [1.54, 1.807) is 0 Å². The van der Waals surface area contributed by atoms with Crippen molar-refractivity contribution in [3.63, 3.8) is 0 Å². The van der Waals surface area contributed by atoms with Crippen LogP contribution in [-0.4, -0.2) is 0 Å². The van der Waals surface area contributed by atoms with Crippen molar-refractivity contribution in [3.05, 3.63) is 423 Å². The van der Waals surface area contributed by atoms with Crippen LogP contribution in [0.15, 0.2) is 340 Å². The van der Waals surface area contributed by atoms with Gasteiger partial charge in [-0.25, -0.2) is 4.39 Å². The number of hydrogen-bond donors (Lipinski definition) is 0. The summed E-state index contributed by atoms with van der Waals surface area (Å²) in [6, 6.07) is 117. The monoisotopic (exact) mass is 1540 g/mol. The van der Waals surface area contributed by atoms with Crippen LogP contribution in [0.5, 0.6) is 0 Å². The Kier molecular flexibility index (Phi) is 19.2. The smallest absolute Gasteiger partial charge is 0.151 e. The Bertz CT molecular complexity index is 5230. The second-order valence-corrected chi connectivity index (χ2v) is 31.0. The number of hydrogen-bond acceptors (Lipinski definition) is 0. The first-order valence-electron chi connectivity index (χ1n) is 36.1. The highest BCUT2D eigenvalue weighted by Crippen LogP contribution is 2.54. The third kappa shape index (κ3) is 12.7. The molecule has 2 unspecified atom stereocenters. The maximum Gasteiger partial charge on any atom is 0.151 e. The molecule has 7 aliphatic carbocycles. The first-order valence-corrected chi connectivity index (χ1v) is 38.7. The van der Waals surface area contributed by atoms with E-state index in [2.05, 4.69) is 358 Å². The van der Waals surface area contributed by atoms with Crippen molar-refractivity contribution in [3.8, 4) is 66.8 Å². The summed E-state index contributed by atoms with van der Waals surface area (Å²) in [4.78, 5) is 0.370. The molecule has 22 rings (SSSR count). The van der Waals surface area contributed by atoms with Gasteiger partial charge in [0.2, 0.25) is 0 Å². The third-order valence-corrected chi connectivity index (χ3v) is 24.7. The van der Waals surface area contributed by atoms with Gasteiger partial charge in [-0.05, 0) is 191 Å². The zero-order valence-corrected chi connectivity index (χ0v) is 63.4. The summed E-state index contributed by atoms with van der Waals surface area (Å²) >= 11 is 12.6. The van der Waals surface area contributed by atoms with Gasteiger partial charge in [-0.1, -0.05) is 405 Å². The zero-order chi connectivity index (χ0) is 71.2. The van der Waals surface area contributed by atoms with Crippen molar-refractivity contribution in [1.29, 1.82) is 0 Å². The van der Waals surface area contributed by atoms with Gasteiger partial charge in [0.05, 0.1) is 14.1 Å². The van der Waals surface area contributed by atoms with Crippen molar-refractivity contribution in [1.82, 2.24) is 0 Å². The van der Waals surface area contributed by atoms with Crippen molar-refractivity contribution in [2.75, 3.05) is 0 Å². The minimum atomic E-state index is -0.942. The Morgan fingerprint density at radius 3 is 1.26 bits per heavy atom. The molecule has 7 aliphatic rings. The highest BCUT2D eigenvalue weighted by atomic mass is 127. The molecule has 0 saturated heterocycles. The number of alkyl halides is 4. The molecule has 0 N–H and O–H groups in total. The van der Waals surface area contributed by atoms with E-state index in [1.807, 2.05) is 60.7 Å². The first-order chi connectivity index (χ1) is 50.8. The Morgan fingerprint density at radius 1 is 0.346 bits per heavy atom. The standard InChI is InChI=1S/C19H16.C18H14.C13H9Br.C13H9Cl.C13H9F.C13H9I.C11H12/c1-19(2)16-10-6-5-9-15(16)18-14-8-4-3-7-13(14)11-12-17(18)19;1-12-15-8-4-5-9-16(15)18-11-14-7-3-2-6-13(14)10-17(12)18;4*14-13-11-7-3-1-5-9(11)10-6-2-4-8-12(10)13;1-8-3-5-10-6-4-9(2)11(10)7-8/h3-12H,1-2H3;2-12H,1H3;4*1-8,13H;3-7,9H,1-2H3. The number of rotatable bonds is 0. The van der Waals surface area contributed by atoms with E-state index >= 15 is 0 Å². The molecule has 0 nitrogen and oxygen atoms in total. The lowest BCUT2D eigenvalue weighted by Crippen LogP contribution is -2.14. The summed E-state index contributed by atoms with van der Waals surface area (Å²) < 4.78 is 14.4. The van der Waals surface area contributed by atoms with Gasteiger partial charge in [0.25, 0.3) is 0 Å². The Morgan fingerprint density at radius 2 is 0.731 bits per heavy atom. The maximum absolute atomic E-state index is 13.9. The predicted molar refractivity (Wildman–Crippen MR) is 452 cm³/mol. The molecule has 0 heterocycles. The lowest BCUT2D eigenvalue weighted by Gasteiger charge is -2.21. The number of aryl methyl sites for hydroxylation is 1. The van der Waals surface area contributed by atoms with Crippen LogP contribution in [0, 0.1) is 6.92 Å². The van der Waals surface area contributed by atoms with Crippen molar-refractivity contribution < 1.29 is 4.39 Å². The van der Waals surface area contributed by atoms with Crippen LogP contribution in [0.3, 0.4) is 0 Å². The van der Waals surface area contributed by atoms with Crippen LogP contribution in [0.25, 0.3) is 94.4 Å². The van der Waals surface area contributed by atoms with E-state index in [0.717, 1.165) is 22.3 Å². The highest BCUT2D eigenvalue weighted by molar-refractivity contribution is 14.1. The number of allylic oxidation sites excluding steroid dienone is 1. The third-order valence-electron chi connectivity index (χ3n) is 21.9. The summed E-state index contributed by atoms with van der Waals surface area (Å²) in [7, 11) is 0. The second kappa shape index (κ2) is 29.3.